The third-order valence-corrected chi connectivity index (χ3v) is 4.94. The van der Waals surface area contributed by atoms with Crippen LogP contribution >= 0.6 is 24.0 Å². The predicted molar refractivity (Wildman–Crippen MR) is 93.7 cm³/mol. The van der Waals surface area contributed by atoms with Gasteiger partial charge in [0.1, 0.15) is 16.1 Å². The average Bonchev–Trinajstić information content (AvgIpc) is 3.11. The number of allylic oxidation sites excluding steroid dienone is 2. The summed E-state index contributed by atoms with van der Waals surface area (Å²) in [6.07, 6.45) is 7.23. The number of hydrogen-bond acceptors (Lipinski definition) is 5. The summed E-state index contributed by atoms with van der Waals surface area (Å²) in [5, 5.41) is 9.45. The first kappa shape index (κ1) is 17.5. The van der Waals surface area contributed by atoms with Crippen molar-refractivity contribution in [1.29, 1.82) is 0 Å². The van der Waals surface area contributed by atoms with Crippen LogP contribution in [0, 0.1) is 5.92 Å². The Hall–Kier alpha value is -1.86. The molecule has 0 aromatic carbocycles. The molecule has 0 saturated carbocycles. The molecule has 1 aromatic rings. The Bertz CT molecular complexity index is 664. The summed E-state index contributed by atoms with van der Waals surface area (Å²) in [6.45, 7) is 3.69. The van der Waals surface area contributed by atoms with Gasteiger partial charge in [-0.2, -0.15) is 0 Å². The third kappa shape index (κ3) is 3.92. The smallest absolute Gasteiger partial charge is 0.327 e. The van der Waals surface area contributed by atoms with Crippen molar-refractivity contribution < 1.29 is 19.1 Å². The predicted octanol–water partition coefficient (Wildman–Crippen LogP) is 3.54. The number of carbonyl (C=O) groups is 2. The Kier molecular flexibility index (Phi) is 5.79. The van der Waals surface area contributed by atoms with Gasteiger partial charge in [-0.3, -0.25) is 9.69 Å². The Labute approximate surface area is 144 Å². The van der Waals surface area contributed by atoms with Gasteiger partial charge in [-0.05, 0) is 30.2 Å². The maximum atomic E-state index is 12.5. The van der Waals surface area contributed by atoms with Gasteiger partial charge in [0.2, 0.25) is 0 Å². The van der Waals surface area contributed by atoms with Crippen molar-refractivity contribution in [2.24, 2.45) is 5.92 Å². The highest BCUT2D eigenvalue weighted by atomic mass is 32.2. The van der Waals surface area contributed by atoms with Crippen LogP contribution in [-0.4, -0.2) is 32.2 Å². The number of nitrogens with zero attached hydrogens (tertiary/aromatic N) is 1. The summed E-state index contributed by atoms with van der Waals surface area (Å²) in [5.74, 6) is -0.924. The SMILES string of the molecule is CC[C@H](C)[C@H](C(=O)O)N1C(=O)/C(=C\C=C\c2ccco2)SC1=S. The molecule has 1 N–H and O–H groups in total. The monoisotopic (exact) mass is 351 g/mol. The minimum atomic E-state index is -1.04. The second-order valence-electron chi connectivity index (χ2n) is 5.12. The lowest BCUT2D eigenvalue weighted by Gasteiger charge is -2.27. The molecule has 5 nitrogen and oxygen atoms in total. The van der Waals surface area contributed by atoms with E-state index in [1.54, 1.807) is 43.5 Å². The first-order chi connectivity index (χ1) is 11.0. The van der Waals surface area contributed by atoms with E-state index in [-0.39, 0.29) is 16.1 Å². The first-order valence-electron chi connectivity index (χ1n) is 7.15. The highest BCUT2D eigenvalue weighted by Gasteiger charge is 2.42. The van der Waals surface area contributed by atoms with Crippen LogP contribution in [0.5, 0.6) is 0 Å². The molecule has 1 amide bonds. The summed E-state index contributed by atoms with van der Waals surface area (Å²) < 4.78 is 5.44. The molecule has 0 radical (unpaired) electrons. The van der Waals surface area contributed by atoms with Gasteiger partial charge in [0.15, 0.2) is 0 Å². The maximum absolute atomic E-state index is 12.5. The molecule has 0 unspecified atom stereocenters. The molecular formula is C16H17NO4S2. The van der Waals surface area contributed by atoms with Crippen LogP contribution < -0.4 is 0 Å². The molecule has 122 valence electrons. The fourth-order valence-electron chi connectivity index (χ4n) is 2.18. The molecule has 0 spiro atoms. The van der Waals surface area contributed by atoms with Gasteiger partial charge in [0.05, 0.1) is 11.2 Å². The van der Waals surface area contributed by atoms with Gasteiger partial charge < -0.3 is 9.52 Å². The van der Waals surface area contributed by atoms with Crippen molar-refractivity contribution >= 4 is 46.3 Å². The lowest BCUT2D eigenvalue weighted by molar-refractivity contribution is -0.147. The number of hydrogen-bond donors (Lipinski definition) is 1. The van der Waals surface area contributed by atoms with Crippen molar-refractivity contribution in [1.82, 2.24) is 4.90 Å². The molecule has 1 fully saturated rings. The fourth-order valence-corrected chi connectivity index (χ4v) is 3.46. The van der Waals surface area contributed by atoms with E-state index in [2.05, 4.69) is 0 Å². The van der Waals surface area contributed by atoms with Crippen LogP contribution in [0.1, 0.15) is 26.0 Å². The summed E-state index contributed by atoms with van der Waals surface area (Å²) in [6, 6.07) is 2.62. The van der Waals surface area contributed by atoms with Crippen molar-refractivity contribution in [2.45, 2.75) is 26.3 Å². The minimum absolute atomic E-state index is 0.187. The number of aliphatic carboxylic acids is 1. The molecule has 1 aliphatic heterocycles. The van der Waals surface area contributed by atoms with E-state index >= 15 is 0 Å². The van der Waals surface area contributed by atoms with E-state index in [1.807, 2.05) is 6.92 Å². The fraction of sp³-hybridized carbons (Fsp3) is 0.312. The van der Waals surface area contributed by atoms with Gasteiger partial charge in [-0.25, -0.2) is 4.79 Å². The van der Waals surface area contributed by atoms with Crippen LogP contribution in [0.3, 0.4) is 0 Å². The summed E-state index contributed by atoms with van der Waals surface area (Å²) >= 11 is 6.33. The highest BCUT2D eigenvalue weighted by molar-refractivity contribution is 8.26. The first-order valence-corrected chi connectivity index (χ1v) is 8.38. The van der Waals surface area contributed by atoms with Crippen LogP contribution in [0.4, 0.5) is 0 Å². The minimum Gasteiger partial charge on any atom is -0.480 e. The summed E-state index contributed by atoms with van der Waals surface area (Å²) in [5.41, 5.74) is 0. The Morgan fingerprint density at radius 3 is 2.87 bits per heavy atom. The molecular weight excluding hydrogens is 334 g/mol. The Morgan fingerprint density at radius 2 is 2.30 bits per heavy atom. The van der Waals surface area contributed by atoms with E-state index in [9.17, 15) is 14.7 Å². The van der Waals surface area contributed by atoms with Crippen LogP contribution in [-0.2, 0) is 9.59 Å². The molecule has 2 atom stereocenters. The Morgan fingerprint density at radius 1 is 1.57 bits per heavy atom. The van der Waals surface area contributed by atoms with Crippen LogP contribution in [0.2, 0.25) is 0 Å². The molecule has 2 rings (SSSR count). The van der Waals surface area contributed by atoms with Gasteiger partial charge >= 0.3 is 5.97 Å². The van der Waals surface area contributed by atoms with Crippen molar-refractivity contribution in [2.75, 3.05) is 0 Å². The van der Waals surface area contributed by atoms with E-state index in [4.69, 9.17) is 16.6 Å². The zero-order valence-electron chi connectivity index (χ0n) is 12.8. The molecule has 1 aliphatic rings. The van der Waals surface area contributed by atoms with Gasteiger partial charge in [0.25, 0.3) is 5.91 Å². The third-order valence-electron chi connectivity index (χ3n) is 3.59. The van der Waals surface area contributed by atoms with Gasteiger partial charge in [0, 0.05) is 0 Å². The molecule has 2 heterocycles. The van der Waals surface area contributed by atoms with Gasteiger partial charge in [-0.1, -0.05) is 50.3 Å². The lowest BCUT2D eigenvalue weighted by Crippen LogP contribution is -2.47. The molecule has 1 saturated heterocycles. The summed E-state index contributed by atoms with van der Waals surface area (Å²) in [4.78, 5) is 25.7. The average molecular weight is 351 g/mol. The normalized spacial score (nSPS) is 19.7. The molecule has 1 aromatic heterocycles. The standard InChI is InChI=1S/C16H17NO4S2/c1-3-10(2)13(15(19)20)17-14(18)12(23-16(17)22)8-4-6-11-7-5-9-21-11/h4-10,13H,3H2,1-2H3,(H,19,20)/b6-4+,12-8+/t10-,13+/m0/s1. The molecule has 7 heteroatoms. The number of carboxylic acid groups (broad SMARTS) is 1. The zero-order valence-corrected chi connectivity index (χ0v) is 14.4. The van der Waals surface area contributed by atoms with E-state index in [0.717, 1.165) is 11.8 Å². The number of rotatable bonds is 6. The van der Waals surface area contributed by atoms with Crippen molar-refractivity contribution in [3.63, 3.8) is 0 Å². The van der Waals surface area contributed by atoms with Crippen molar-refractivity contribution in [3.8, 4) is 0 Å². The molecule has 23 heavy (non-hydrogen) atoms. The Balaban J connectivity index is 2.20. The zero-order chi connectivity index (χ0) is 17.0. The summed E-state index contributed by atoms with van der Waals surface area (Å²) in [7, 11) is 0. The number of carbonyl (C=O) groups excluding carboxylic acids is 1. The van der Waals surface area contributed by atoms with Crippen LogP contribution in [0.25, 0.3) is 6.08 Å². The molecule has 0 aliphatic carbocycles. The number of carboxylic acids is 1. The van der Waals surface area contributed by atoms with Crippen molar-refractivity contribution in [3.05, 3.63) is 41.2 Å². The topological polar surface area (TPSA) is 70.8 Å². The molecule has 0 bridgehead atoms. The largest absolute Gasteiger partial charge is 0.480 e. The second kappa shape index (κ2) is 7.61. The lowest BCUT2D eigenvalue weighted by atomic mass is 9.98. The van der Waals surface area contributed by atoms with E-state index in [1.165, 1.54) is 4.90 Å². The second-order valence-corrected chi connectivity index (χ2v) is 6.79. The van der Waals surface area contributed by atoms with E-state index < -0.39 is 12.0 Å². The number of amides is 1. The maximum Gasteiger partial charge on any atom is 0.327 e. The van der Waals surface area contributed by atoms with Gasteiger partial charge in [-0.15, -0.1) is 0 Å². The highest BCUT2D eigenvalue weighted by Crippen LogP contribution is 2.34. The number of thioether (sulfide) groups is 1. The van der Waals surface area contributed by atoms with Crippen LogP contribution in [0.15, 0.2) is 39.9 Å². The number of thiocarbonyl (C=S) groups is 1. The quantitative estimate of drug-likeness (QED) is 0.624. The van der Waals surface area contributed by atoms with E-state index in [0.29, 0.717) is 17.1 Å². The number of furan rings is 1.